The van der Waals surface area contributed by atoms with Crippen LogP contribution < -0.4 is 5.32 Å². The molecule has 25 heavy (non-hydrogen) atoms. The Labute approximate surface area is 149 Å². The molecule has 1 aromatic carbocycles. The van der Waals surface area contributed by atoms with Crippen molar-refractivity contribution >= 4 is 5.91 Å². The summed E-state index contributed by atoms with van der Waals surface area (Å²) in [7, 11) is 0. The number of hydrogen-bond donors (Lipinski definition) is 1. The Balaban J connectivity index is 1.74. The van der Waals surface area contributed by atoms with E-state index in [0.29, 0.717) is 43.3 Å². The molecule has 0 saturated carbocycles. The van der Waals surface area contributed by atoms with Crippen molar-refractivity contribution in [1.29, 1.82) is 0 Å². The van der Waals surface area contributed by atoms with E-state index in [2.05, 4.69) is 48.1 Å². The van der Waals surface area contributed by atoms with E-state index in [1.165, 1.54) is 0 Å². The average Bonchev–Trinajstić information content (AvgIpc) is 3.06. The highest BCUT2D eigenvalue weighted by Gasteiger charge is 2.14. The second kappa shape index (κ2) is 9.32. The molecular formula is C19H28N4O2. The van der Waals surface area contributed by atoms with Crippen molar-refractivity contribution in [2.24, 2.45) is 0 Å². The second-order valence-corrected chi connectivity index (χ2v) is 6.64. The number of carbonyl (C=O) groups excluding carboxylic acids is 1. The van der Waals surface area contributed by atoms with Crippen LogP contribution in [0.25, 0.3) is 11.5 Å². The highest BCUT2D eigenvalue weighted by atomic mass is 16.4. The first-order chi connectivity index (χ1) is 12.0. The minimum atomic E-state index is 0.00641. The Kier molecular flexibility index (Phi) is 7.13. The van der Waals surface area contributed by atoms with Crippen LogP contribution in [0.3, 0.4) is 0 Å². The van der Waals surface area contributed by atoms with Crippen LogP contribution in [0, 0.1) is 0 Å². The van der Waals surface area contributed by atoms with Gasteiger partial charge >= 0.3 is 0 Å². The molecule has 0 spiro atoms. The Bertz CT molecular complexity index is 644. The fraction of sp³-hybridized carbons (Fsp3) is 0.526. The summed E-state index contributed by atoms with van der Waals surface area (Å²) < 4.78 is 5.62. The number of nitrogens with zero attached hydrogens (tertiary/aromatic N) is 3. The van der Waals surface area contributed by atoms with Crippen molar-refractivity contribution < 1.29 is 9.21 Å². The summed E-state index contributed by atoms with van der Waals surface area (Å²) in [5.41, 5.74) is 0.883. The lowest BCUT2D eigenvalue weighted by atomic mass is 10.2. The van der Waals surface area contributed by atoms with Gasteiger partial charge < -0.3 is 9.73 Å². The van der Waals surface area contributed by atoms with Gasteiger partial charge in [0.15, 0.2) is 0 Å². The van der Waals surface area contributed by atoms with Crippen LogP contribution in [0.15, 0.2) is 34.7 Å². The molecule has 0 aliphatic rings. The number of amides is 1. The van der Waals surface area contributed by atoms with E-state index in [4.69, 9.17) is 4.42 Å². The molecule has 0 aliphatic carbocycles. The number of nitrogens with one attached hydrogen (secondary N) is 1. The molecule has 0 radical (unpaired) electrons. The van der Waals surface area contributed by atoms with Gasteiger partial charge in [-0.15, -0.1) is 10.2 Å². The Morgan fingerprint density at radius 3 is 2.44 bits per heavy atom. The molecule has 0 unspecified atom stereocenters. The highest BCUT2D eigenvalue weighted by molar-refractivity contribution is 5.76. The van der Waals surface area contributed by atoms with Gasteiger partial charge in [0.2, 0.25) is 17.7 Å². The standard InChI is InChI=1S/C19H28N4O2/c1-14(2)23(15(3)4)13-12-20-17(24)10-11-18-21-22-19(25-18)16-8-6-5-7-9-16/h5-9,14-15H,10-13H2,1-4H3,(H,20,24). The van der Waals surface area contributed by atoms with E-state index in [1.807, 2.05) is 30.3 Å². The fourth-order valence-corrected chi connectivity index (χ4v) is 2.80. The molecule has 136 valence electrons. The topological polar surface area (TPSA) is 71.3 Å². The van der Waals surface area contributed by atoms with Gasteiger partial charge in [0.25, 0.3) is 0 Å². The number of hydrogen-bond acceptors (Lipinski definition) is 5. The maximum absolute atomic E-state index is 12.0. The molecule has 2 aromatic rings. The molecule has 6 nitrogen and oxygen atoms in total. The first kappa shape index (κ1) is 19.1. The molecule has 0 aliphatic heterocycles. The first-order valence-corrected chi connectivity index (χ1v) is 8.87. The summed E-state index contributed by atoms with van der Waals surface area (Å²) in [5, 5.41) is 11.0. The van der Waals surface area contributed by atoms with Gasteiger partial charge in [-0.3, -0.25) is 9.69 Å². The van der Waals surface area contributed by atoms with E-state index in [-0.39, 0.29) is 5.91 Å². The lowest BCUT2D eigenvalue weighted by Crippen LogP contribution is -2.42. The average molecular weight is 344 g/mol. The van der Waals surface area contributed by atoms with E-state index in [0.717, 1.165) is 12.1 Å². The van der Waals surface area contributed by atoms with E-state index in [9.17, 15) is 4.79 Å². The minimum Gasteiger partial charge on any atom is -0.421 e. The summed E-state index contributed by atoms with van der Waals surface area (Å²) in [6.45, 7) is 10.2. The van der Waals surface area contributed by atoms with E-state index < -0.39 is 0 Å². The molecule has 1 heterocycles. The Hall–Kier alpha value is -2.21. The van der Waals surface area contributed by atoms with Crippen molar-refractivity contribution in [3.63, 3.8) is 0 Å². The SMILES string of the molecule is CC(C)N(CCNC(=O)CCc1nnc(-c2ccccc2)o1)C(C)C. The third-order valence-electron chi connectivity index (χ3n) is 4.07. The number of aryl methyl sites for hydroxylation is 1. The number of rotatable bonds is 9. The van der Waals surface area contributed by atoms with Crippen molar-refractivity contribution in [3.05, 3.63) is 36.2 Å². The summed E-state index contributed by atoms with van der Waals surface area (Å²) in [6, 6.07) is 10.5. The normalized spacial score (nSPS) is 11.5. The molecule has 0 atom stereocenters. The predicted octanol–water partition coefficient (Wildman–Crippen LogP) is 2.90. The van der Waals surface area contributed by atoms with Gasteiger partial charge in [-0.05, 0) is 39.8 Å². The van der Waals surface area contributed by atoms with E-state index in [1.54, 1.807) is 0 Å². The van der Waals surface area contributed by atoms with Crippen LogP contribution in [0.5, 0.6) is 0 Å². The smallest absolute Gasteiger partial charge is 0.247 e. The van der Waals surface area contributed by atoms with E-state index >= 15 is 0 Å². The summed E-state index contributed by atoms with van der Waals surface area (Å²) >= 11 is 0. The highest BCUT2D eigenvalue weighted by Crippen LogP contribution is 2.17. The maximum Gasteiger partial charge on any atom is 0.247 e. The quantitative estimate of drug-likeness (QED) is 0.757. The molecular weight excluding hydrogens is 316 g/mol. The first-order valence-electron chi connectivity index (χ1n) is 8.87. The third-order valence-corrected chi connectivity index (χ3v) is 4.07. The summed E-state index contributed by atoms with van der Waals surface area (Å²) in [4.78, 5) is 14.3. The van der Waals surface area contributed by atoms with Crippen molar-refractivity contribution in [2.45, 2.75) is 52.6 Å². The largest absolute Gasteiger partial charge is 0.421 e. The van der Waals surface area contributed by atoms with Crippen LogP contribution in [0.2, 0.25) is 0 Å². The Morgan fingerprint density at radius 1 is 1.12 bits per heavy atom. The fourth-order valence-electron chi connectivity index (χ4n) is 2.80. The third kappa shape index (κ3) is 5.98. The number of carbonyl (C=O) groups is 1. The zero-order valence-electron chi connectivity index (χ0n) is 15.5. The lowest BCUT2D eigenvalue weighted by Gasteiger charge is -2.30. The van der Waals surface area contributed by atoms with Crippen LogP contribution >= 0.6 is 0 Å². The zero-order valence-corrected chi connectivity index (χ0v) is 15.5. The van der Waals surface area contributed by atoms with Crippen LogP contribution in [0.1, 0.15) is 40.0 Å². The number of benzene rings is 1. The van der Waals surface area contributed by atoms with Crippen molar-refractivity contribution in [3.8, 4) is 11.5 Å². The predicted molar refractivity (Wildman–Crippen MR) is 98.0 cm³/mol. The van der Waals surface area contributed by atoms with Gasteiger partial charge in [-0.25, -0.2) is 0 Å². The van der Waals surface area contributed by atoms with Crippen LogP contribution in [-0.4, -0.2) is 46.2 Å². The molecule has 1 amide bonds. The van der Waals surface area contributed by atoms with Gasteiger partial charge in [-0.2, -0.15) is 0 Å². The van der Waals surface area contributed by atoms with Crippen LogP contribution in [-0.2, 0) is 11.2 Å². The van der Waals surface area contributed by atoms with Gasteiger partial charge in [0, 0.05) is 43.6 Å². The zero-order chi connectivity index (χ0) is 18.2. The Morgan fingerprint density at radius 2 is 1.80 bits per heavy atom. The molecule has 0 fully saturated rings. The maximum atomic E-state index is 12.0. The second-order valence-electron chi connectivity index (χ2n) is 6.64. The van der Waals surface area contributed by atoms with Gasteiger partial charge in [0.1, 0.15) is 0 Å². The minimum absolute atomic E-state index is 0.00641. The van der Waals surface area contributed by atoms with Crippen molar-refractivity contribution in [2.75, 3.05) is 13.1 Å². The summed E-state index contributed by atoms with van der Waals surface area (Å²) in [5.74, 6) is 0.979. The molecule has 6 heteroatoms. The van der Waals surface area contributed by atoms with Crippen molar-refractivity contribution in [1.82, 2.24) is 20.4 Å². The molecule has 1 N–H and O–H groups in total. The van der Waals surface area contributed by atoms with Gasteiger partial charge in [-0.1, -0.05) is 18.2 Å². The van der Waals surface area contributed by atoms with Gasteiger partial charge in [0.05, 0.1) is 0 Å². The molecule has 0 saturated heterocycles. The molecule has 0 bridgehead atoms. The lowest BCUT2D eigenvalue weighted by molar-refractivity contribution is -0.121. The van der Waals surface area contributed by atoms with Crippen LogP contribution in [0.4, 0.5) is 0 Å². The monoisotopic (exact) mass is 344 g/mol. The summed E-state index contributed by atoms with van der Waals surface area (Å²) in [6.07, 6.45) is 0.795. The number of aromatic nitrogens is 2. The molecule has 2 rings (SSSR count). The molecule has 1 aromatic heterocycles.